The van der Waals surface area contributed by atoms with E-state index >= 15 is 0 Å². The SMILES string of the molecule is CNc1cc(CN2CCCC(N)C2)cc(-c2ccc(C)nc2)c1. The van der Waals surface area contributed by atoms with Crippen LogP contribution in [-0.2, 0) is 6.54 Å². The minimum absolute atomic E-state index is 0.317. The first-order valence-electron chi connectivity index (χ1n) is 8.37. The number of hydrogen-bond donors (Lipinski definition) is 2. The van der Waals surface area contributed by atoms with Crippen molar-refractivity contribution in [3.63, 3.8) is 0 Å². The number of aromatic nitrogens is 1. The van der Waals surface area contributed by atoms with Gasteiger partial charge in [-0.1, -0.05) is 6.07 Å². The number of nitrogens with two attached hydrogens (primary N) is 1. The standard InChI is InChI=1S/C19H26N4/c1-14-5-6-16(11-22-14)17-8-15(9-19(10-17)21-2)12-23-7-3-4-18(20)13-23/h5-6,8-11,18,21H,3-4,7,12-13,20H2,1-2H3. The van der Waals surface area contributed by atoms with E-state index in [2.05, 4.69) is 45.5 Å². The van der Waals surface area contributed by atoms with Crippen LogP contribution in [0.25, 0.3) is 11.1 Å². The van der Waals surface area contributed by atoms with Crippen molar-refractivity contribution in [2.24, 2.45) is 5.73 Å². The van der Waals surface area contributed by atoms with E-state index in [0.717, 1.165) is 43.0 Å². The van der Waals surface area contributed by atoms with Gasteiger partial charge in [-0.15, -0.1) is 0 Å². The maximum Gasteiger partial charge on any atom is 0.0373 e. The van der Waals surface area contributed by atoms with Gasteiger partial charge in [0, 0.05) is 49.3 Å². The van der Waals surface area contributed by atoms with Gasteiger partial charge in [-0.25, -0.2) is 0 Å². The Kier molecular flexibility index (Phi) is 4.94. The predicted octanol–water partition coefficient (Wildman–Crippen LogP) is 3.02. The zero-order valence-electron chi connectivity index (χ0n) is 14.0. The molecule has 3 N–H and O–H groups in total. The highest BCUT2D eigenvalue weighted by Gasteiger charge is 2.17. The average Bonchev–Trinajstić information content (AvgIpc) is 2.55. The van der Waals surface area contributed by atoms with Crippen LogP contribution in [0.2, 0.25) is 0 Å². The summed E-state index contributed by atoms with van der Waals surface area (Å²) in [6, 6.07) is 11.2. The van der Waals surface area contributed by atoms with Gasteiger partial charge in [0.25, 0.3) is 0 Å². The molecule has 0 amide bonds. The molecule has 4 heteroatoms. The molecule has 0 bridgehead atoms. The Morgan fingerprint density at radius 3 is 2.83 bits per heavy atom. The molecule has 1 aromatic carbocycles. The van der Waals surface area contributed by atoms with Crippen molar-refractivity contribution >= 4 is 5.69 Å². The Hall–Kier alpha value is -1.91. The Morgan fingerprint density at radius 2 is 2.13 bits per heavy atom. The van der Waals surface area contributed by atoms with E-state index in [1.807, 2.05) is 20.2 Å². The maximum absolute atomic E-state index is 6.11. The van der Waals surface area contributed by atoms with Crippen LogP contribution in [0.4, 0.5) is 5.69 Å². The average molecular weight is 310 g/mol. The number of nitrogens with one attached hydrogen (secondary N) is 1. The van der Waals surface area contributed by atoms with Gasteiger partial charge in [-0.2, -0.15) is 0 Å². The van der Waals surface area contributed by atoms with Crippen molar-refractivity contribution in [1.29, 1.82) is 0 Å². The second-order valence-corrected chi connectivity index (χ2v) is 6.49. The number of hydrogen-bond acceptors (Lipinski definition) is 4. The summed E-state index contributed by atoms with van der Waals surface area (Å²) in [7, 11) is 1.97. The number of pyridine rings is 1. The first-order chi connectivity index (χ1) is 11.1. The lowest BCUT2D eigenvalue weighted by Crippen LogP contribution is -2.42. The van der Waals surface area contributed by atoms with E-state index in [1.165, 1.54) is 17.5 Å². The third-order valence-electron chi connectivity index (χ3n) is 4.47. The Bertz CT molecular complexity index is 651. The largest absolute Gasteiger partial charge is 0.388 e. The Morgan fingerprint density at radius 1 is 1.26 bits per heavy atom. The van der Waals surface area contributed by atoms with Crippen LogP contribution in [0.3, 0.4) is 0 Å². The number of aryl methyl sites for hydroxylation is 1. The van der Waals surface area contributed by atoms with Crippen LogP contribution in [0.1, 0.15) is 24.1 Å². The van der Waals surface area contributed by atoms with Crippen molar-refractivity contribution < 1.29 is 0 Å². The molecule has 0 saturated carbocycles. The van der Waals surface area contributed by atoms with Gasteiger partial charge in [0.1, 0.15) is 0 Å². The molecule has 4 nitrogen and oxygen atoms in total. The highest BCUT2D eigenvalue weighted by Crippen LogP contribution is 2.26. The summed E-state index contributed by atoms with van der Waals surface area (Å²) in [5, 5.41) is 3.27. The lowest BCUT2D eigenvalue weighted by Gasteiger charge is -2.30. The fourth-order valence-electron chi connectivity index (χ4n) is 3.23. The summed E-state index contributed by atoms with van der Waals surface area (Å²) in [5.41, 5.74) is 12.0. The van der Waals surface area contributed by atoms with Crippen molar-refractivity contribution in [3.8, 4) is 11.1 Å². The van der Waals surface area contributed by atoms with Crippen LogP contribution in [-0.4, -0.2) is 36.1 Å². The number of anilines is 1. The topological polar surface area (TPSA) is 54.2 Å². The quantitative estimate of drug-likeness (QED) is 0.911. The highest BCUT2D eigenvalue weighted by molar-refractivity contribution is 5.68. The van der Waals surface area contributed by atoms with Gasteiger partial charge in [0.2, 0.25) is 0 Å². The summed E-state index contributed by atoms with van der Waals surface area (Å²) in [5.74, 6) is 0. The number of nitrogens with zero attached hydrogens (tertiary/aromatic N) is 2. The van der Waals surface area contributed by atoms with Crippen LogP contribution in [0.15, 0.2) is 36.5 Å². The van der Waals surface area contributed by atoms with E-state index in [9.17, 15) is 0 Å². The minimum atomic E-state index is 0.317. The van der Waals surface area contributed by atoms with E-state index < -0.39 is 0 Å². The highest BCUT2D eigenvalue weighted by atomic mass is 15.1. The smallest absolute Gasteiger partial charge is 0.0373 e. The van der Waals surface area contributed by atoms with Gasteiger partial charge in [-0.05, 0) is 61.7 Å². The molecule has 2 aromatic rings. The molecule has 1 aromatic heterocycles. The number of benzene rings is 1. The van der Waals surface area contributed by atoms with Crippen molar-refractivity contribution in [3.05, 3.63) is 47.8 Å². The zero-order chi connectivity index (χ0) is 16.2. The number of rotatable bonds is 4. The molecule has 1 atom stereocenters. The summed E-state index contributed by atoms with van der Waals surface area (Å²) in [4.78, 5) is 6.88. The molecule has 3 rings (SSSR count). The van der Waals surface area contributed by atoms with E-state index in [-0.39, 0.29) is 0 Å². The fourth-order valence-corrected chi connectivity index (χ4v) is 3.23. The van der Waals surface area contributed by atoms with Gasteiger partial charge < -0.3 is 11.1 Å². The van der Waals surface area contributed by atoms with Crippen LogP contribution >= 0.6 is 0 Å². The molecule has 1 unspecified atom stereocenters. The molecule has 0 spiro atoms. The van der Waals surface area contributed by atoms with Crippen molar-refractivity contribution in [2.45, 2.75) is 32.4 Å². The first-order valence-corrected chi connectivity index (χ1v) is 8.37. The summed E-state index contributed by atoms with van der Waals surface area (Å²) >= 11 is 0. The van der Waals surface area contributed by atoms with Crippen molar-refractivity contribution in [2.75, 3.05) is 25.5 Å². The zero-order valence-corrected chi connectivity index (χ0v) is 14.0. The lowest BCUT2D eigenvalue weighted by molar-refractivity contribution is 0.201. The molecule has 1 aliphatic heterocycles. The number of likely N-dealkylation sites (tertiary alicyclic amines) is 1. The van der Waals surface area contributed by atoms with E-state index in [0.29, 0.717) is 6.04 Å². The maximum atomic E-state index is 6.11. The van der Waals surface area contributed by atoms with E-state index in [4.69, 9.17) is 5.73 Å². The molecule has 1 saturated heterocycles. The third kappa shape index (κ3) is 4.09. The first kappa shape index (κ1) is 16.0. The molecular weight excluding hydrogens is 284 g/mol. The molecule has 0 radical (unpaired) electrons. The predicted molar refractivity (Wildman–Crippen MR) is 96.4 cm³/mol. The second kappa shape index (κ2) is 7.11. The Balaban J connectivity index is 1.85. The molecule has 0 aliphatic carbocycles. The van der Waals surface area contributed by atoms with Gasteiger partial charge >= 0.3 is 0 Å². The lowest BCUT2D eigenvalue weighted by atomic mass is 10.0. The molecule has 2 heterocycles. The summed E-state index contributed by atoms with van der Waals surface area (Å²) < 4.78 is 0. The summed E-state index contributed by atoms with van der Waals surface area (Å²) in [6.45, 7) is 5.10. The van der Waals surface area contributed by atoms with E-state index in [1.54, 1.807) is 0 Å². The Labute approximate surface area is 138 Å². The minimum Gasteiger partial charge on any atom is -0.388 e. The van der Waals surface area contributed by atoms with Gasteiger partial charge in [0.15, 0.2) is 0 Å². The fraction of sp³-hybridized carbons (Fsp3) is 0.421. The molecule has 122 valence electrons. The molecule has 1 fully saturated rings. The normalized spacial score (nSPS) is 18.8. The number of piperidine rings is 1. The molecule has 1 aliphatic rings. The van der Waals surface area contributed by atoms with Crippen LogP contribution < -0.4 is 11.1 Å². The van der Waals surface area contributed by atoms with Crippen molar-refractivity contribution in [1.82, 2.24) is 9.88 Å². The molecule has 23 heavy (non-hydrogen) atoms. The van der Waals surface area contributed by atoms with Crippen LogP contribution in [0, 0.1) is 6.92 Å². The van der Waals surface area contributed by atoms with Gasteiger partial charge in [0.05, 0.1) is 0 Å². The summed E-state index contributed by atoms with van der Waals surface area (Å²) in [6.07, 6.45) is 4.29. The third-order valence-corrected chi connectivity index (χ3v) is 4.47. The van der Waals surface area contributed by atoms with Gasteiger partial charge in [-0.3, -0.25) is 9.88 Å². The second-order valence-electron chi connectivity index (χ2n) is 6.49. The monoisotopic (exact) mass is 310 g/mol. The van der Waals surface area contributed by atoms with Crippen LogP contribution in [0.5, 0.6) is 0 Å². The molecular formula is C19H26N4.